The number of benzene rings is 1. The van der Waals surface area contributed by atoms with E-state index in [1.807, 2.05) is 7.05 Å². The largest absolute Gasteiger partial charge is 0.338 e. The Morgan fingerprint density at radius 1 is 1.22 bits per heavy atom. The Balaban J connectivity index is 2.30. The minimum Gasteiger partial charge on any atom is -0.338 e. The van der Waals surface area contributed by atoms with Crippen molar-refractivity contribution < 1.29 is 17.6 Å². The molecule has 0 spiro atoms. The van der Waals surface area contributed by atoms with Crippen molar-refractivity contribution in [2.24, 2.45) is 0 Å². The molecule has 1 aromatic rings. The van der Waals surface area contributed by atoms with Gasteiger partial charge in [0.25, 0.3) is 0 Å². The summed E-state index contributed by atoms with van der Waals surface area (Å²) in [5, 5.41) is 0. The minimum atomic E-state index is -3.80. The molecule has 1 aliphatic heterocycles. The SMILES string of the molecule is CC(C(=O)N1CCN(C)CC1)N(c1ccccc1F)S(C)(=O)=O. The molecule has 0 radical (unpaired) electrons. The average Bonchev–Trinajstić information content (AvgIpc) is 2.48. The number of para-hydroxylation sites is 1. The van der Waals surface area contributed by atoms with E-state index in [2.05, 4.69) is 4.90 Å². The van der Waals surface area contributed by atoms with Crippen LogP contribution in [0.3, 0.4) is 0 Å². The van der Waals surface area contributed by atoms with Crippen LogP contribution in [0.15, 0.2) is 24.3 Å². The Hall–Kier alpha value is -1.67. The van der Waals surface area contributed by atoms with Crippen molar-refractivity contribution in [1.29, 1.82) is 0 Å². The van der Waals surface area contributed by atoms with E-state index in [0.717, 1.165) is 23.7 Å². The number of anilines is 1. The quantitative estimate of drug-likeness (QED) is 0.810. The van der Waals surface area contributed by atoms with Crippen LogP contribution < -0.4 is 4.31 Å². The van der Waals surface area contributed by atoms with Crippen LogP contribution >= 0.6 is 0 Å². The molecule has 8 heteroatoms. The maximum Gasteiger partial charge on any atom is 0.246 e. The summed E-state index contributed by atoms with van der Waals surface area (Å²) in [7, 11) is -1.83. The lowest BCUT2D eigenvalue weighted by molar-refractivity contribution is -0.133. The van der Waals surface area contributed by atoms with Gasteiger partial charge in [-0.05, 0) is 26.1 Å². The van der Waals surface area contributed by atoms with E-state index < -0.39 is 21.9 Å². The monoisotopic (exact) mass is 343 g/mol. The van der Waals surface area contributed by atoms with E-state index in [1.165, 1.54) is 25.1 Å². The molecule has 0 bridgehead atoms. The second kappa shape index (κ2) is 6.84. The summed E-state index contributed by atoms with van der Waals surface area (Å²) in [4.78, 5) is 16.4. The van der Waals surface area contributed by atoms with Crippen molar-refractivity contribution in [1.82, 2.24) is 9.80 Å². The van der Waals surface area contributed by atoms with Gasteiger partial charge in [-0.15, -0.1) is 0 Å². The van der Waals surface area contributed by atoms with Gasteiger partial charge >= 0.3 is 0 Å². The van der Waals surface area contributed by atoms with Gasteiger partial charge in [-0.25, -0.2) is 12.8 Å². The molecule has 0 N–H and O–H groups in total. The van der Waals surface area contributed by atoms with Gasteiger partial charge in [-0.3, -0.25) is 9.10 Å². The summed E-state index contributed by atoms with van der Waals surface area (Å²) in [6.07, 6.45) is 0.979. The number of piperazine rings is 1. The van der Waals surface area contributed by atoms with Crippen LogP contribution in [0.2, 0.25) is 0 Å². The molecule has 1 aliphatic rings. The number of nitrogens with zero attached hydrogens (tertiary/aromatic N) is 3. The van der Waals surface area contributed by atoms with Crippen LogP contribution in [0, 0.1) is 5.82 Å². The van der Waals surface area contributed by atoms with Crippen molar-refractivity contribution in [3.8, 4) is 0 Å². The molecule has 2 rings (SSSR count). The van der Waals surface area contributed by atoms with Crippen molar-refractivity contribution >= 4 is 21.6 Å². The predicted octanol–water partition coefficient (Wildman–Crippen LogP) is 0.754. The fourth-order valence-electron chi connectivity index (χ4n) is 2.70. The zero-order valence-electron chi connectivity index (χ0n) is 13.6. The first kappa shape index (κ1) is 17.7. The third-order valence-corrected chi connectivity index (χ3v) is 5.20. The van der Waals surface area contributed by atoms with E-state index >= 15 is 0 Å². The lowest BCUT2D eigenvalue weighted by Crippen LogP contribution is -2.54. The van der Waals surface area contributed by atoms with Gasteiger partial charge in [0.15, 0.2) is 0 Å². The highest BCUT2D eigenvalue weighted by Crippen LogP contribution is 2.24. The van der Waals surface area contributed by atoms with Gasteiger partial charge in [-0.2, -0.15) is 0 Å². The third kappa shape index (κ3) is 4.00. The second-order valence-electron chi connectivity index (χ2n) is 5.81. The highest BCUT2D eigenvalue weighted by molar-refractivity contribution is 7.92. The summed E-state index contributed by atoms with van der Waals surface area (Å²) in [6.45, 7) is 4.03. The Morgan fingerprint density at radius 2 is 1.78 bits per heavy atom. The van der Waals surface area contributed by atoms with Crippen molar-refractivity contribution in [2.75, 3.05) is 43.8 Å². The summed E-state index contributed by atoms with van der Waals surface area (Å²) < 4.78 is 39.2. The maximum atomic E-state index is 14.0. The van der Waals surface area contributed by atoms with Crippen molar-refractivity contribution in [3.05, 3.63) is 30.1 Å². The van der Waals surface area contributed by atoms with E-state index in [-0.39, 0.29) is 11.6 Å². The number of amides is 1. The third-order valence-electron chi connectivity index (χ3n) is 3.97. The first-order valence-electron chi connectivity index (χ1n) is 7.43. The van der Waals surface area contributed by atoms with E-state index in [4.69, 9.17) is 0 Å². The lowest BCUT2D eigenvalue weighted by Gasteiger charge is -2.36. The zero-order chi connectivity index (χ0) is 17.2. The molecule has 1 amide bonds. The molecule has 1 unspecified atom stereocenters. The molecule has 0 aliphatic carbocycles. The number of carbonyl (C=O) groups excluding carboxylic acids is 1. The van der Waals surface area contributed by atoms with Gasteiger partial charge in [0, 0.05) is 26.2 Å². The minimum absolute atomic E-state index is 0.107. The molecule has 1 saturated heterocycles. The molecule has 1 heterocycles. The fraction of sp³-hybridized carbons (Fsp3) is 0.533. The number of hydrogen-bond acceptors (Lipinski definition) is 4. The van der Waals surface area contributed by atoms with Gasteiger partial charge in [-0.1, -0.05) is 12.1 Å². The number of halogens is 1. The van der Waals surface area contributed by atoms with E-state index in [9.17, 15) is 17.6 Å². The van der Waals surface area contributed by atoms with E-state index in [0.29, 0.717) is 13.1 Å². The summed E-state index contributed by atoms with van der Waals surface area (Å²) in [5.41, 5.74) is -0.107. The maximum absolute atomic E-state index is 14.0. The molecule has 128 valence electrons. The molecule has 0 saturated carbocycles. The number of rotatable bonds is 4. The highest BCUT2D eigenvalue weighted by atomic mass is 32.2. The Bertz CT molecular complexity index is 672. The zero-order valence-corrected chi connectivity index (χ0v) is 14.4. The molecule has 0 aromatic heterocycles. The summed E-state index contributed by atoms with van der Waals surface area (Å²) in [5.74, 6) is -0.984. The molecule has 1 fully saturated rings. The smallest absolute Gasteiger partial charge is 0.246 e. The van der Waals surface area contributed by atoms with Crippen LogP contribution in [0.25, 0.3) is 0 Å². The topological polar surface area (TPSA) is 60.9 Å². The van der Waals surface area contributed by atoms with E-state index in [1.54, 1.807) is 11.0 Å². The first-order valence-corrected chi connectivity index (χ1v) is 9.28. The Morgan fingerprint density at radius 3 is 2.30 bits per heavy atom. The van der Waals surface area contributed by atoms with Crippen molar-refractivity contribution in [3.63, 3.8) is 0 Å². The number of carbonyl (C=O) groups is 1. The average molecular weight is 343 g/mol. The molecular weight excluding hydrogens is 321 g/mol. The van der Waals surface area contributed by atoms with Gasteiger partial charge in [0.05, 0.1) is 11.9 Å². The first-order chi connectivity index (χ1) is 10.7. The second-order valence-corrected chi connectivity index (χ2v) is 7.67. The molecule has 1 aromatic carbocycles. The van der Waals surface area contributed by atoms with Crippen LogP contribution in [-0.2, 0) is 14.8 Å². The molecule has 23 heavy (non-hydrogen) atoms. The van der Waals surface area contributed by atoms with Crippen LogP contribution in [-0.4, -0.2) is 69.6 Å². The highest BCUT2D eigenvalue weighted by Gasteiger charge is 2.34. The number of sulfonamides is 1. The normalized spacial score (nSPS) is 17.8. The Labute approximate surface area is 136 Å². The summed E-state index contributed by atoms with van der Waals surface area (Å²) >= 11 is 0. The molecule has 1 atom stereocenters. The van der Waals surface area contributed by atoms with Crippen molar-refractivity contribution in [2.45, 2.75) is 13.0 Å². The summed E-state index contributed by atoms with van der Waals surface area (Å²) in [6, 6.07) is 4.57. The van der Waals surface area contributed by atoms with Gasteiger partial charge in [0.2, 0.25) is 15.9 Å². The lowest BCUT2D eigenvalue weighted by atomic mass is 10.2. The van der Waals surface area contributed by atoms with Crippen LogP contribution in [0.4, 0.5) is 10.1 Å². The number of hydrogen-bond donors (Lipinski definition) is 0. The fourth-order valence-corrected chi connectivity index (χ4v) is 3.87. The standard InChI is InChI=1S/C15H22FN3O3S/c1-12(15(20)18-10-8-17(2)9-11-18)19(23(3,21)22)14-7-5-4-6-13(14)16/h4-7,12H,8-11H2,1-3H3. The number of likely N-dealkylation sites (N-methyl/N-ethyl adjacent to an activating group) is 1. The predicted molar refractivity (Wildman–Crippen MR) is 87.3 cm³/mol. The molecular formula is C15H22FN3O3S. The van der Waals surface area contributed by atoms with Crippen LogP contribution in [0.5, 0.6) is 0 Å². The van der Waals surface area contributed by atoms with Gasteiger partial charge < -0.3 is 9.80 Å². The Kier molecular flexibility index (Phi) is 5.26. The molecule has 6 nitrogen and oxygen atoms in total. The van der Waals surface area contributed by atoms with Gasteiger partial charge in [0.1, 0.15) is 11.9 Å². The van der Waals surface area contributed by atoms with Crippen LogP contribution in [0.1, 0.15) is 6.92 Å².